The van der Waals surface area contributed by atoms with Crippen LogP contribution >= 0.6 is 0 Å². The Balaban J connectivity index is 2.46. The molecule has 0 fully saturated rings. The van der Waals surface area contributed by atoms with Crippen LogP contribution in [0.1, 0.15) is 12.0 Å². The molecule has 1 atom stereocenters. The van der Waals surface area contributed by atoms with Gasteiger partial charge in [0.2, 0.25) is 5.91 Å². The predicted octanol–water partition coefficient (Wildman–Crippen LogP) is 1.09. The van der Waals surface area contributed by atoms with Crippen molar-refractivity contribution in [2.24, 2.45) is 0 Å². The molecule has 1 rings (SSSR count). The van der Waals surface area contributed by atoms with Crippen LogP contribution < -0.4 is 4.74 Å². The molecule has 0 heterocycles. The van der Waals surface area contributed by atoms with Crippen molar-refractivity contribution in [1.82, 2.24) is 4.90 Å². The number of nitrogens with zero attached hydrogens (tertiary/aromatic N) is 1. The summed E-state index contributed by atoms with van der Waals surface area (Å²) in [6.07, 6.45) is 0.352. The van der Waals surface area contributed by atoms with E-state index in [-0.39, 0.29) is 19.1 Å². The second-order valence-corrected chi connectivity index (χ2v) is 4.70. The fourth-order valence-corrected chi connectivity index (χ4v) is 2.00. The molecule has 0 spiro atoms. The topological polar surface area (TPSA) is 59.0 Å². The van der Waals surface area contributed by atoms with Crippen LogP contribution in [0.15, 0.2) is 24.3 Å². The van der Waals surface area contributed by atoms with Gasteiger partial charge in [-0.2, -0.15) is 0 Å². The van der Waals surface area contributed by atoms with Crippen LogP contribution in [0.3, 0.4) is 0 Å². The third kappa shape index (κ3) is 5.19. The number of carbonyl (C=O) groups excluding carboxylic acids is 1. The standard InChI is InChI=1S/C15H23NO4/c1-16(10-13(17)11-19-2)15(18)9-8-12-6-4-5-7-14(12)20-3/h4-7,13,17H,8-11H2,1-3H3. The molecular weight excluding hydrogens is 258 g/mol. The molecular formula is C15H23NO4. The van der Waals surface area contributed by atoms with Crippen LogP contribution in [-0.4, -0.2) is 56.4 Å². The summed E-state index contributed by atoms with van der Waals surface area (Å²) in [4.78, 5) is 13.5. The van der Waals surface area contributed by atoms with Gasteiger partial charge in [-0.3, -0.25) is 4.79 Å². The fourth-order valence-electron chi connectivity index (χ4n) is 2.00. The van der Waals surface area contributed by atoms with Gasteiger partial charge in [0.25, 0.3) is 0 Å². The first-order chi connectivity index (χ1) is 9.58. The van der Waals surface area contributed by atoms with Gasteiger partial charge < -0.3 is 19.5 Å². The van der Waals surface area contributed by atoms with Crippen LogP contribution in [0.2, 0.25) is 0 Å². The van der Waals surface area contributed by atoms with Crippen molar-refractivity contribution >= 4 is 5.91 Å². The van der Waals surface area contributed by atoms with Gasteiger partial charge in [-0.05, 0) is 18.1 Å². The number of aliphatic hydroxyl groups excluding tert-OH is 1. The van der Waals surface area contributed by atoms with Crippen molar-refractivity contribution in [3.05, 3.63) is 29.8 Å². The van der Waals surface area contributed by atoms with E-state index in [0.29, 0.717) is 12.8 Å². The van der Waals surface area contributed by atoms with E-state index in [2.05, 4.69) is 0 Å². The second kappa shape index (κ2) is 8.55. The van der Waals surface area contributed by atoms with Gasteiger partial charge in [0.15, 0.2) is 0 Å². The average molecular weight is 281 g/mol. The Morgan fingerprint density at radius 2 is 2.05 bits per heavy atom. The monoisotopic (exact) mass is 281 g/mol. The number of aryl methyl sites for hydroxylation is 1. The van der Waals surface area contributed by atoms with Gasteiger partial charge in [-0.15, -0.1) is 0 Å². The number of ether oxygens (including phenoxy) is 2. The molecule has 0 aliphatic carbocycles. The minimum Gasteiger partial charge on any atom is -0.496 e. The first-order valence-electron chi connectivity index (χ1n) is 6.61. The van der Waals surface area contributed by atoms with E-state index in [4.69, 9.17) is 9.47 Å². The van der Waals surface area contributed by atoms with Gasteiger partial charge in [0, 0.05) is 27.1 Å². The maximum absolute atomic E-state index is 12.0. The zero-order valence-corrected chi connectivity index (χ0v) is 12.3. The summed E-state index contributed by atoms with van der Waals surface area (Å²) in [7, 11) is 4.82. The van der Waals surface area contributed by atoms with E-state index >= 15 is 0 Å². The summed E-state index contributed by atoms with van der Waals surface area (Å²) in [6, 6.07) is 7.66. The van der Waals surface area contributed by atoms with E-state index in [1.54, 1.807) is 14.2 Å². The summed E-state index contributed by atoms with van der Waals surface area (Å²) in [6.45, 7) is 0.503. The highest BCUT2D eigenvalue weighted by Crippen LogP contribution is 2.19. The Bertz CT molecular complexity index is 422. The summed E-state index contributed by atoms with van der Waals surface area (Å²) in [5.74, 6) is 0.786. The number of likely N-dealkylation sites (N-methyl/N-ethyl adjacent to an activating group) is 1. The quantitative estimate of drug-likeness (QED) is 0.775. The van der Waals surface area contributed by atoms with Crippen LogP contribution in [-0.2, 0) is 16.0 Å². The van der Waals surface area contributed by atoms with E-state index in [1.165, 1.54) is 12.0 Å². The van der Waals surface area contributed by atoms with Gasteiger partial charge in [-0.1, -0.05) is 18.2 Å². The molecule has 0 radical (unpaired) electrons. The zero-order chi connectivity index (χ0) is 15.0. The summed E-state index contributed by atoms with van der Waals surface area (Å²) in [5, 5.41) is 9.60. The van der Waals surface area contributed by atoms with Crippen molar-refractivity contribution < 1.29 is 19.4 Å². The summed E-state index contributed by atoms with van der Waals surface area (Å²) < 4.78 is 10.1. The molecule has 0 bridgehead atoms. The highest BCUT2D eigenvalue weighted by atomic mass is 16.5. The van der Waals surface area contributed by atoms with E-state index in [1.807, 2.05) is 24.3 Å². The maximum Gasteiger partial charge on any atom is 0.222 e. The lowest BCUT2D eigenvalue weighted by molar-refractivity contribution is -0.131. The van der Waals surface area contributed by atoms with Crippen molar-refractivity contribution in [3.8, 4) is 5.75 Å². The third-order valence-corrected chi connectivity index (χ3v) is 3.07. The molecule has 20 heavy (non-hydrogen) atoms. The van der Waals surface area contributed by atoms with Gasteiger partial charge in [-0.25, -0.2) is 0 Å². The van der Waals surface area contributed by atoms with E-state index in [0.717, 1.165) is 11.3 Å². The zero-order valence-electron chi connectivity index (χ0n) is 12.3. The van der Waals surface area contributed by atoms with Gasteiger partial charge in [0.1, 0.15) is 5.75 Å². The predicted molar refractivity (Wildman–Crippen MR) is 76.8 cm³/mol. The molecule has 1 N–H and O–H groups in total. The second-order valence-electron chi connectivity index (χ2n) is 4.70. The molecule has 1 aromatic carbocycles. The van der Waals surface area contributed by atoms with Crippen LogP contribution in [0.25, 0.3) is 0 Å². The highest BCUT2D eigenvalue weighted by Gasteiger charge is 2.14. The van der Waals surface area contributed by atoms with Gasteiger partial charge in [0.05, 0.1) is 19.8 Å². The van der Waals surface area contributed by atoms with Crippen molar-refractivity contribution in [1.29, 1.82) is 0 Å². The Labute approximate surface area is 120 Å². The summed E-state index contributed by atoms with van der Waals surface area (Å²) in [5.41, 5.74) is 1.01. The Morgan fingerprint density at radius 1 is 1.35 bits per heavy atom. The fraction of sp³-hybridized carbons (Fsp3) is 0.533. The Hall–Kier alpha value is -1.59. The number of rotatable bonds is 8. The molecule has 112 valence electrons. The first kappa shape index (κ1) is 16.5. The summed E-state index contributed by atoms with van der Waals surface area (Å²) >= 11 is 0. The lowest BCUT2D eigenvalue weighted by Crippen LogP contribution is -2.36. The van der Waals surface area contributed by atoms with E-state index in [9.17, 15) is 9.90 Å². The number of hydrogen-bond donors (Lipinski definition) is 1. The molecule has 0 saturated heterocycles. The number of carbonyl (C=O) groups is 1. The number of para-hydroxylation sites is 1. The largest absolute Gasteiger partial charge is 0.496 e. The maximum atomic E-state index is 12.0. The third-order valence-electron chi connectivity index (χ3n) is 3.07. The van der Waals surface area contributed by atoms with Crippen molar-refractivity contribution in [2.75, 3.05) is 34.4 Å². The Morgan fingerprint density at radius 3 is 2.70 bits per heavy atom. The molecule has 0 aromatic heterocycles. The molecule has 1 aromatic rings. The van der Waals surface area contributed by atoms with Crippen molar-refractivity contribution in [2.45, 2.75) is 18.9 Å². The molecule has 0 aliphatic heterocycles. The van der Waals surface area contributed by atoms with E-state index < -0.39 is 6.10 Å². The number of amides is 1. The molecule has 5 heteroatoms. The smallest absolute Gasteiger partial charge is 0.222 e. The molecule has 0 saturated carbocycles. The molecule has 5 nitrogen and oxygen atoms in total. The van der Waals surface area contributed by atoms with Gasteiger partial charge >= 0.3 is 0 Å². The molecule has 0 aliphatic rings. The SMILES string of the molecule is COCC(O)CN(C)C(=O)CCc1ccccc1OC. The number of aliphatic hydroxyl groups is 1. The van der Waals surface area contributed by atoms with Crippen LogP contribution in [0.5, 0.6) is 5.75 Å². The number of benzene rings is 1. The number of methoxy groups -OCH3 is 2. The average Bonchev–Trinajstić information content (AvgIpc) is 2.45. The number of hydrogen-bond acceptors (Lipinski definition) is 4. The lowest BCUT2D eigenvalue weighted by atomic mass is 10.1. The van der Waals surface area contributed by atoms with Crippen LogP contribution in [0, 0.1) is 0 Å². The minimum atomic E-state index is -0.653. The molecule has 1 amide bonds. The lowest BCUT2D eigenvalue weighted by Gasteiger charge is -2.20. The minimum absolute atomic E-state index is 0.00828. The highest BCUT2D eigenvalue weighted by molar-refractivity contribution is 5.76. The normalized spacial score (nSPS) is 12.0. The van der Waals surface area contributed by atoms with Crippen molar-refractivity contribution in [3.63, 3.8) is 0 Å². The Kier molecular flexibility index (Phi) is 7.04. The molecule has 1 unspecified atom stereocenters. The van der Waals surface area contributed by atoms with Crippen LogP contribution in [0.4, 0.5) is 0 Å². The first-order valence-corrected chi connectivity index (χ1v) is 6.61.